The molecule has 1 saturated heterocycles. The van der Waals surface area contributed by atoms with Crippen LogP contribution in [0, 0.1) is 0 Å². The smallest absolute Gasteiger partial charge is 0.326 e. The van der Waals surface area contributed by atoms with E-state index in [9.17, 15) is 9.90 Å². The SMILES string of the molecule is O=C(O)[C@@H]1CCCN1c1nnc(-c2cc(Cl)cc(Cl)c2)s1. The lowest BCUT2D eigenvalue weighted by Gasteiger charge is -2.19. The number of hydrogen-bond acceptors (Lipinski definition) is 5. The third kappa shape index (κ3) is 2.97. The van der Waals surface area contributed by atoms with E-state index in [1.54, 1.807) is 23.1 Å². The van der Waals surface area contributed by atoms with Crippen molar-refractivity contribution in [3.63, 3.8) is 0 Å². The molecule has 3 rings (SSSR count). The lowest BCUT2D eigenvalue weighted by molar-refractivity contribution is -0.138. The number of benzene rings is 1. The summed E-state index contributed by atoms with van der Waals surface area (Å²) in [6.07, 6.45) is 1.47. The monoisotopic (exact) mass is 343 g/mol. The largest absolute Gasteiger partial charge is 0.480 e. The van der Waals surface area contributed by atoms with Crippen molar-refractivity contribution in [3.8, 4) is 10.6 Å². The minimum Gasteiger partial charge on any atom is -0.480 e. The van der Waals surface area contributed by atoms with Crippen LogP contribution in [0.4, 0.5) is 5.13 Å². The highest BCUT2D eigenvalue weighted by Crippen LogP contribution is 2.34. The minimum absolute atomic E-state index is 0.520. The Morgan fingerprint density at radius 2 is 2.00 bits per heavy atom. The minimum atomic E-state index is -0.824. The molecular formula is C13H11Cl2N3O2S. The molecule has 1 N–H and O–H groups in total. The lowest BCUT2D eigenvalue weighted by Crippen LogP contribution is -2.35. The van der Waals surface area contributed by atoms with E-state index in [2.05, 4.69) is 10.2 Å². The normalized spacial score (nSPS) is 18.2. The number of aromatic nitrogens is 2. The van der Waals surface area contributed by atoms with E-state index in [4.69, 9.17) is 23.2 Å². The fourth-order valence-corrected chi connectivity index (χ4v) is 3.81. The highest BCUT2D eigenvalue weighted by Gasteiger charge is 2.32. The first-order chi connectivity index (χ1) is 10.0. The lowest BCUT2D eigenvalue weighted by atomic mass is 10.2. The van der Waals surface area contributed by atoms with Crippen molar-refractivity contribution in [2.75, 3.05) is 11.4 Å². The summed E-state index contributed by atoms with van der Waals surface area (Å²) in [6.45, 7) is 0.682. The van der Waals surface area contributed by atoms with Crippen molar-refractivity contribution in [2.45, 2.75) is 18.9 Å². The van der Waals surface area contributed by atoms with Crippen LogP contribution in [-0.2, 0) is 4.79 Å². The molecule has 21 heavy (non-hydrogen) atoms. The number of carboxylic acids is 1. The Balaban J connectivity index is 1.91. The number of hydrogen-bond donors (Lipinski definition) is 1. The Bertz CT molecular complexity index is 672. The molecular weight excluding hydrogens is 333 g/mol. The second-order valence-corrected chi connectivity index (χ2v) is 6.57. The van der Waals surface area contributed by atoms with E-state index < -0.39 is 12.0 Å². The molecule has 1 aromatic heterocycles. The van der Waals surface area contributed by atoms with Gasteiger partial charge in [-0.2, -0.15) is 0 Å². The van der Waals surface area contributed by atoms with E-state index in [1.165, 1.54) is 11.3 Å². The summed E-state index contributed by atoms with van der Waals surface area (Å²) in [4.78, 5) is 13.0. The van der Waals surface area contributed by atoms with E-state index in [-0.39, 0.29) is 0 Å². The highest BCUT2D eigenvalue weighted by atomic mass is 35.5. The predicted molar refractivity (Wildman–Crippen MR) is 83.4 cm³/mol. The van der Waals surface area contributed by atoms with Gasteiger partial charge in [0.05, 0.1) is 0 Å². The molecule has 2 heterocycles. The Hall–Kier alpha value is -1.37. The fraction of sp³-hybridized carbons (Fsp3) is 0.308. The van der Waals surface area contributed by atoms with Crippen molar-refractivity contribution in [2.24, 2.45) is 0 Å². The van der Waals surface area contributed by atoms with E-state index in [0.29, 0.717) is 33.2 Å². The van der Waals surface area contributed by atoms with Gasteiger partial charge in [0.25, 0.3) is 0 Å². The van der Waals surface area contributed by atoms with Gasteiger partial charge in [-0.1, -0.05) is 34.5 Å². The van der Waals surface area contributed by atoms with Gasteiger partial charge in [-0.25, -0.2) is 4.79 Å². The maximum Gasteiger partial charge on any atom is 0.326 e. The Morgan fingerprint density at radius 3 is 2.67 bits per heavy atom. The van der Waals surface area contributed by atoms with Gasteiger partial charge in [-0.05, 0) is 31.0 Å². The second kappa shape index (κ2) is 5.79. The van der Waals surface area contributed by atoms with Gasteiger partial charge in [0.1, 0.15) is 11.0 Å². The first kappa shape index (κ1) is 14.6. The van der Waals surface area contributed by atoms with Crippen LogP contribution in [0.1, 0.15) is 12.8 Å². The van der Waals surface area contributed by atoms with Crippen molar-refractivity contribution in [3.05, 3.63) is 28.2 Å². The quantitative estimate of drug-likeness (QED) is 0.922. The fourth-order valence-electron chi connectivity index (χ4n) is 2.38. The van der Waals surface area contributed by atoms with Crippen LogP contribution < -0.4 is 4.90 Å². The molecule has 110 valence electrons. The average Bonchev–Trinajstić information content (AvgIpc) is 3.06. The molecule has 0 spiro atoms. The number of anilines is 1. The van der Waals surface area contributed by atoms with Crippen LogP contribution in [0.25, 0.3) is 10.6 Å². The molecule has 5 nitrogen and oxygen atoms in total. The summed E-state index contributed by atoms with van der Waals surface area (Å²) < 4.78 is 0. The zero-order valence-electron chi connectivity index (χ0n) is 10.8. The van der Waals surface area contributed by atoms with Crippen LogP contribution in [-0.4, -0.2) is 33.9 Å². The Labute approximate surface area is 135 Å². The summed E-state index contributed by atoms with van der Waals surface area (Å²) >= 11 is 13.3. The number of rotatable bonds is 3. The number of halogens is 2. The molecule has 1 atom stereocenters. The summed E-state index contributed by atoms with van der Waals surface area (Å²) in [7, 11) is 0. The first-order valence-corrected chi connectivity index (χ1v) is 7.91. The Kier molecular flexibility index (Phi) is 4.01. The molecule has 1 fully saturated rings. The molecule has 1 aliphatic heterocycles. The van der Waals surface area contributed by atoms with E-state index in [0.717, 1.165) is 12.0 Å². The highest BCUT2D eigenvalue weighted by molar-refractivity contribution is 7.18. The van der Waals surface area contributed by atoms with Gasteiger partial charge in [0.2, 0.25) is 5.13 Å². The number of aliphatic carboxylic acids is 1. The van der Waals surface area contributed by atoms with Crippen LogP contribution in [0.2, 0.25) is 10.0 Å². The summed E-state index contributed by atoms with van der Waals surface area (Å²) in [6, 6.07) is 4.65. The Morgan fingerprint density at radius 1 is 1.29 bits per heavy atom. The summed E-state index contributed by atoms with van der Waals surface area (Å²) in [5.74, 6) is -0.824. The molecule has 0 amide bonds. The molecule has 1 aromatic carbocycles. The van der Waals surface area contributed by atoms with Crippen LogP contribution >= 0.6 is 34.5 Å². The maximum absolute atomic E-state index is 11.2. The molecule has 1 aliphatic rings. The van der Waals surface area contributed by atoms with Crippen molar-refractivity contribution in [1.82, 2.24) is 10.2 Å². The molecule has 0 bridgehead atoms. The predicted octanol–water partition coefficient (Wildman–Crippen LogP) is 3.57. The van der Waals surface area contributed by atoms with Gasteiger partial charge in [-0.15, -0.1) is 10.2 Å². The third-order valence-corrected chi connectivity index (χ3v) is 4.75. The van der Waals surface area contributed by atoms with E-state index in [1.807, 2.05) is 0 Å². The first-order valence-electron chi connectivity index (χ1n) is 6.34. The standard InChI is InChI=1S/C13H11Cl2N3O2S/c14-8-4-7(5-9(15)6-8)11-16-17-13(21-11)18-3-1-2-10(18)12(19)20/h4-6,10H,1-3H2,(H,19,20)/t10-/m0/s1. The van der Waals surface area contributed by atoms with Crippen LogP contribution in [0.3, 0.4) is 0 Å². The molecule has 0 aliphatic carbocycles. The van der Waals surface area contributed by atoms with Crippen molar-refractivity contribution in [1.29, 1.82) is 0 Å². The zero-order chi connectivity index (χ0) is 15.0. The van der Waals surface area contributed by atoms with Crippen molar-refractivity contribution >= 4 is 45.6 Å². The van der Waals surface area contributed by atoms with Crippen molar-refractivity contribution < 1.29 is 9.90 Å². The van der Waals surface area contributed by atoms with Crippen LogP contribution in [0.5, 0.6) is 0 Å². The topological polar surface area (TPSA) is 66.3 Å². The second-order valence-electron chi connectivity index (χ2n) is 4.74. The molecule has 8 heteroatoms. The molecule has 0 radical (unpaired) electrons. The number of nitrogens with zero attached hydrogens (tertiary/aromatic N) is 3. The average molecular weight is 344 g/mol. The number of carbonyl (C=O) groups is 1. The third-order valence-electron chi connectivity index (χ3n) is 3.31. The maximum atomic E-state index is 11.2. The van der Waals surface area contributed by atoms with Gasteiger partial charge in [0.15, 0.2) is 0 Å². The molecule has 0 saturated carbocycles. The van der Waals surface area contributed by atoms with Gasteiger partial charge in [0, 0.05) is 22.2 Å². The van der Waals surface area contributed by atoms with Gasteiger partial charge in [-0.3, -0.25) is 0 Å². The van der Waals surface area contributed by atoms with Gasteiger partial charge >= 0.3 is 5.97 Å². The summed E-state index contributed by atoms with van der Waals surface area (Å²) in [5.41, 5.74) is 0.780. The zero-order valence-corrected chi connectivity index (χ0v) is 13.1. The summed E-state index contributed by atoms with van der Waals surface area (Å²) in [5, 5.41) is 19.8. The molecule has 0 unspecified atom stereocenters. The molecule has 2 aromatic rings. The number of carboxylic acid groups (broad SMARTS) is 1. The van der Waals surface area contributed by atoms with E-state index >= 15 is 0 Å². The van der Waals surface area contributed by atoms with Gasteiger partial charge < -0.3 is 10.0 Å². The van der Waals surface area contributed by atoms with Crippen LogP contribution in [0.15, 0.2) is 18.2 Å².